The van der Waals surface area contributed by atoms with Gasteiger partial charge in [-0.25, -0.2) is 9.79 Å². The maximum Gasteiger partial charge on any atom is 0.331 e. The first-order valence-electron chi connectivity index (χ1n) is 10.6. The van der Waals surface area contributed by atoms with Crippen molar-refractivity contribution < 1.29 is 9.90 Å². The monoisotopic (exact) mass is 424 g/mol. The van der Waals surface area contributed by atoms with Crippen LogP contribution in [-0.4, -0.2) is 38.6 Å². The van der Waals surface area contributed by atoms with Gasteiger partial charge in [-0.1, -0.05) is 31.5 Å². The molecule has 0 saturated carbocycles. The molecule has 0 radical (unpaired) electrons. The molecule has 8 nitrogen and oxygen atoms in total. The lowest BCUT2D eigenvalue weighted by atomic mass is 10.1. The van der Waals surface area contributed by atoms with Gasteiger partial charge in [0.05, 0.1) is 11.1 Å². The van der Waals surface area contributed by atoms with E-state index < -0.39 is 11.2 Å². The predicted molar refractivity (Wildman–Crippen MR) is 119 cm³/mol. The molecule has 0 spiro atoms. The van der Waals surface area contributed by atoms with Gasteiger partial charge < -0.3 is 10.0 Å². The van der Waals surface area contributed by atoms with Crippen molar-refractivity contribution in [1.82, 2.24) is 14.5 Å². The molecule has 2 heterocycles. The molecule has 0 unspecified atom stereocenters. The summed E-state index contributed by atoms with van der Waals surface area (Å²) in [6.07, 6.45) is 3.61. The molecule has 0 fully saturated rings. The number of aromatic nitrogens is 2. The van der Waals surface area contributed by atoms with Crippen molar-refractivity contribution >= 4 is 17.6 Å². The Morgan fingerprint density at radius 2 is 2.00 bits per heavy atom. The van der Waals surface area contributed by atoms with Gasteiger partial charge in [0.2, 0.25) is 11.8 Å². The molecule has 1 aromatic heterocycles. The van der Waals surface area contributed by atoms with Gasteiger partial charge in [0, 0.05) is 31.8 Å². The van der Waals surface area contributed by atoms with E-state index in [2.05, 4.69) is 9.98 Å². The van der Waals surface area contributed by atoms with Crippen molar-refractivity contribution in [2.75, 3.05) is 13.1 Å². The minimum atomic E-state index is -0.660. The Hall–Kier alpha value is -3.42. The number of aromatic hydroxyl groups is 1. The van der Waals surface area contributed by atoms with Crippen molar-refractivity contribution in [2.24, 2.45) is 4.99 Å². The van der Waals surface area contributed by atoms with Crippen LogP contribution in [0.3, 0.4) is 0 Å². The number of para-hydroxylation sites is 1. The Morgan fingerprint density at radius 1 is 1.26 bits per heavy atom. The smallest absolute Gasteiger partial charge is 0.331 e. The third-order valence-electron chi connectivity index (χ3n) is 5.46. The lowest BCUT2D eigenvalue weighted by molar-refractivity contribution is -0.128. The molecule has 2 aromatic rings. The zero-order chi connectivity index (χ0) is 22.5. The Bertz CT molecular complexity index is 1250. The number of nitrogens with one attached hydrogen (secondary N) is 1. The fraction of sp³-hybridized carbons (Fsp3) is 0.391. The minimum Gasteiger partial charge on any atom is -0.494 e. The van der Waals surface area contributed by atoms with Crippen molar-refractivity contribution in [3.63, 3.8) is 0 Å². The summed E-state index contributed by atoms with van der Waals surface area (Å²) in [5.74, 6) is -0.368. The lowest BCUT2D eigenvalue weighted by Crippen LogP contribution is -2.31. The van der Waals surface area contributed by atoms with Crippen LogP contribution in [-0.2, 0) is 11.3 Å². The van der Waals surface area contributed by atoms with E-state index in [4.69, 9.17) is 0 Å². The molecular formula is C23H28N4O4. The molecule has 2 N–H and O–H groups in total. The van der Waals surface area contributed by atoms with Gasteiger partial charge in [-0.05, 0) is 37.5 Å². The van der Waals surface area contributed by atoms with E-state index in [1.165, 1.54) is 17.6 Å². The second-order valence-corrected chi connectivity index (χ2v) is 7.49. The van der Waals surface area contributed by atoms with Crippen LogP contribution in [0.2, 0.25) is 0 Å². The number of unbranched alkanes of at least 4 members (excludes halogenated alkanes) is 1. The molecule has 0 atom stereocenters. The lowest BCUT2D eigenvalue weighted by Gasteiger charge is -2.19. The summed E-state index contributed by atoms with van der Waals surface area (Å²) >= 11 is 0. The number of nitrogens with zero attached hydrogens (tertiary/aromatic N) is 3. The van der Waals surface area contributed by atoms with Crippen LogP contribution in [0.4, 0.5) is 0 Å². The summed E-state index contributed by atoms with van der Waals surface area (Å²) < 4.78 is 1.17. The largest absolute Gasteiger partial charge is 0.494 e. The van der Waals surface area contributed by atoms with Crippen LogP contribution in [0.1, 0.15) is 45.6 Å². The van der Waals surface area contributed by atoms with Crippen LogP contribution in [0.15, 0.2) is 44.5 Å². The molecule has 164 valence electrons. The first kappa shape index (κ1) is 22.3. The quantitative estimate of drug-likeness (QED) is 0.662. The van der Waals surface area contributed by atoms with Gasteiger partial charge in [-0.2, -0.15) is 0 Å². The van der Waals surface area contributed by atoms with Gasteiger partial charge in [0.15, 0.2) is 0 Å². The average molecular weight is 425 g/mol. The fourth-order valence-corrected chi connectivity index (χ4v) is 3.69. The predicted octanol–water partition coefficient (Wildman–Crippen LogP) is 1.13. The van der Waals surface area contributed by atoms with E-state index in [-0.39, 0.29) is 17.4 Å². The Balaban J connectivity index is 2.09. The highest BCUT2D eigenvalue weighted by Crippen LogP contribution is 2.23. The Labute approximate surface area is 179 Å². The number of allylic oxidation sites excluding steroid dienone is 1. The first-order valence-corrected chi connectivity index (χ1v) is 10.6. The van der Waals surface area contributed by atoms with E-state index in [0.29, 0.717) is 38.2 Å². The van der Waals surface area contributed by atoms with Crippen molar-refractivity contribution in [1.29, 1.82) is 0 Å². The van der Waals surface area contributed by atoms with Crippen molar-refractivity contribution in [2.45, 2.75) is 46.6 Å². The third kappa shape index (κ3) is 4.68. The summed E-state index contributed by atoms with van der Waals surface area (Å²) in [7, 11) is 0. The van der Waals surface area contributed by atoms with E-state index in [1.807, 2.05) is 38.1 Å². The van der Waals surface area contributed by atoms with Crippen LogP contribution in [0.25, 0.3) is 11.6 Å². The topological polar surface area (TPSA) is 108 Å². The molecule has 1 aliphatic heterocycles. The summed E-state index contributed by atoms with van der Waals surface area (Å²) in [4.78, 5) is 45.1. The van der Waals surface area contributed by atoms with Crippen LogP contribution >= 0.6 is 0 Å². The maximum absolute atomic E-state index is 12.5. The molecule has 0 bridgehead atoms. The SMILES string of the molecule is CCCCn1c(O)c(/C=C2\N=c3ccccc3=C2CCN(CC)C(C)=O)c(=O)[nH]c1=O. The maximum atomic E-state index is 12.5. The standard InChI is InChI=1S/C23H28N4O4/c1-4-6-12-27-22(30)18(21(29)25-23(27)31)14-20-17(11-13-26(5-2)15(3)28)16-9-7-8-10-19(16)24-20/h7-10,14,30H,4-6,11-13H2,1-3H3,(H,25,29,31)/b20-14-. The highest BCUT2D eigenvalue weighted by atomic mass is 16.3. The number of carbonyl (C=O) groups excluding carboxylic acids is 1. The highest BCUT2D eigenvalue weighted by molar-refractivity contribution is 5.77. The van der Waals surface area contributed by atoms with E-state index in [1.54, 1.807) is 4.90 Å². The normalized spacial score (nSPS) is 13.9. The fourth-order valence-electron chi connectivity index (χ4n) is 3.69. The minimum absolute atomic E-state index is 0.00123. The number of hydrogen-bond acceptors (Lipinski definition) is 5. The number of amides is 1. The highest BCUT2D eigenvalue weighted by Gasteiger charge is 2.18. The van der Waals surface area contributed by atoms with Crippen molar-refractivity contribution in [3.8, 4) is 5.88 Å². The summed E-state index contributed by atoms with van der Waals surface area (Å²) in [5.41, 5.74) is 0.141. The molecule has 0 aliphatic carbocycles. The number of aromatic amines is 1. The van der Waals surface area contributed by atoms with E-state index >= 15 is 0 Å². The Morgan fingerprint density at radius 3 is 2.68 bits per heavy atom. The number of benzene rings is 1. The van der Waals surface area contributed by atoms with Crippen LogP contribution < -0.4 is 21.8 Å². The molecule has 1 amide bonds. The molecule has 31 heavy (non-hydrogen) atoms. The molecule has 1 aromatic carbocycles. The van der Waals surface area contributed by atoms with Gasteiger partial charge in [0.1, 0.15) is 5.56 Å². The van der Waals surface area contributed by atoms with Gasteiger partial charge >= 0.3 is 5.69 Å². The number of fused-ring (bicyclic) bond motifs is 1. The van der Waals surface area contributed by atoms with Gasteiger partial charge in [-0.3, -0.25) is 19.1 Å². The second kappa shape index (κ2) is 9.59. The summed E-state index contributed by atoms with van der Waals surface area (Å²) in [6.45, 7) is 6.87. The van der Waals surface area contributed by atoms with Crippen LogP contribution in [0, 0.1) is 0 Å². The number of H-pyrrole nitrogens is 1. The van der Waals surface area contributed by atoms with E-state index in [9.17, 15) is 19.5 Å². The van der Waals surface area contributed by atoms with Gasteiger partial charge in [0.25, 0.3) is 5.56 Å². The Kier molecular flexibility index (Phi) is 6.89. The molecule has 3 rings (SSSR count). The van der Waals surface area contributed by atoms with Crippen LogP contribution in [0.5, 0.6) is 5.88 Å². The average Bonchev–Trinajstić information content (AvgIpc) is 3.08. The number of carbonyl (C=O) groups is 1. The number of rotatable bonds is 8. The third-order valence-corrected chi connectivity index (χ3v) is 5.46. The summed E-state index contributed by atoms with van der Waals surface area (Å²) in [6, 6.07) is 7.62. The molecule has 1 aliphatic rings. The zero-order valence-corrected chi connectivity index (χ0v) is 18.1. The second-order valence-electron chi connectivity index (χ2n) is 7.49. The zero-order valence-electron chi connectivity index (χ0n) is 18.1. The van der Waals surface area contributed by atoms with E-state index in [0.717, 1.165) is 22.6 Å². The summed E-state index contributed by atoms with van der Waals surface area (Å²) in [5, 5.41) is 12.4. The van der Waals surface area contributed by atoms with Gasteiger partial charge in [-0.15, -0.1) is 0 Å². The molecule has 8 heteroatoms. The van der Waals surface area contributed by atoms with Crippen molar-refractivity contribution in [3.05, 3.63) is 66.9 Å². The number of hydrogen-bond donors (Lipinski definition) is 2. The molecular weight excluding hydrogens is 396 g/mol. The molecule has 0 saturated heterocycles. The first-order chi connectivity index (χ1) is 14.9.